The van der Waals surface area contributed by atoms with Crippen LogP contribution in [0.5, 0.6) is 0 Å². The lowest BCUT2D eigenvalue weighted by Gasteiger charge is -2.07. The van der Waals surface area contributed by atoms with E-state index in [0.717, 1.165) is 17.5 Å². The predicted molar refractivity (Wildman–Crippen MR) is 69.7 cm³/mol. The van der Waals surface area contributed by atoms with E-state index < -0.39 is 0 Å². The minimum absolute atomic E-state index is 0.0413. The highest BCUT2D eigenvalue weighted by Crippen LogP contribution is 2.40. The molecule has 2 aromatic rings. The molecule has 0 amide bonds. The lowest BCUT2D eigenvalue weighted by Crippen LogP contribution is -1.99. The molecule has 2 heteroatoms. The number of halogens is 1. The molecule has 0 radical (unpaired) electrons. The Morgan fingerprint density at radius 3 is 2.65 bits per heavy atom. The van der Waals surface area contributed by atoms with Crippen molar-refractivity contribution in [2.75, 3.05) is 0 Å². The summed E-state index contributed by atoms with van der Waals surface area (Å²) in [6, 6.07) is 12.1. The molecule has 0 unspecified atom stereocenters. The maximum atomic E-state index is 11.7. The minimum Gasteiger partial charge on any atom is -0.294 e. The molecule has 0 spiro atoms. The van der Waals surface area contributed by atoms with E-state index in [1.807, 2.05) is 24.3 Å². The molecule has 1 nitrogen and oxygen atoms in total. The summed E-state index contributed by atoms with van der Waals surface area (Å²) in [6.07, 6.45) is 0.807. The standard InChI is InChI=1S/C15H11ClO/c1-9(17)15-13-8-10-4-2-3-5-11(10)12(13)6-7-14(15)16/h2-7H,8H2,1H3. The Hall–Kier alpha value is -1.60. The number of hydrogen-bond donors (Lipinski definition) is 0. The van der Waals surface area contributed by atoms with E-state index in [-0.39, 0.29) is 5.78 Å². The van der Waals surface area contributed by atoms with Crippen molar-refractivity contribution < 1.29 is 4.79 Å². The van der Waals surface area contributed by atoms with Gasteiger partial charge in [-0.25, -0.2) is 0 Å². The normalized spacial score (nSPS) is 12.1. The van der Waals surface area contributed by atoms with Gasteiger partial charge >= 0.3 is 0 Å². The number of fused-ring (bicyclic) bond motifs is 3. The molecule has 0 fully saturated rings. The summed E-state index contributed by atoms with van der Waals surface area (Å²) in [7, 11) is 0. The Morgan fingerprint density at radius 1 is 1.12 bits per heavy atom. The minimum atomic E-state index is 0.0413. The number of Topliss-reactive ketones (excluding diaryl/α,β-unsaturated/α-hetero) is 1. The van der Waals surface area contributed by atoms with Gasteiger partial charge in [-0.3, -0.25) is 4.79 Å². The molecule has 17 heavy (non-hydrogen) atoms. The van der Waals surface area contributed by atoms with Crippen LogP contribution in [-0.4, -0.2) is 5.78 Å². The van der Waals surface area contributed by atoms with Crippen LogP contribution < -0.4 is 0 Å². The lowest BCUT2D eigenvalue weighted by molar-refractivity contribution is 0.101. The van der Waals surface area contributed by atoms with Crippen molar-refractivity contribution in [3.05, 3.63) is 58.1 Å². The summed E-state index contributed by atoms with van der Waals surface area (Å²) < 4.78 is 0. The average molecular weight is 243 g/mol. The molecule has 0 N–H and O–H groups in total. The van der Waals surface area contributed by atoms with E-state index in [1.165, 1.54) is 11.1 Å². The Morgan fingerprint density at radius 2 is 1.88 bits per heavy atom. The fraction of sp³-hybridized carbons (Fsp3) is 0.133. The van der Waals surface area contributed by atoms with E-state index in [2.05, 4.69) is 12.1 Å². The number of carbonyl (C=O) groups is 1. The van der Waals surface area contributed by atoms with Crippen LogP contribution in [-0.2, 0) is 6.42 Å². The van der Waals surface area contributed by atoms with Crippen LogP contribution in [0.15, 0.2) is 36.4 Å². The second-order valence-electron chi connectivity index (χ2n) is 4.34. The maximum Gasteiger partial charge on any atom is 0.161 e. The largest absolute Gasteiger partial charge is 0.294 e. The van der Waals surface area contributed by atoms with E-state index in [4.69, 9.17) is 11.6 Å². The third-order valence-corrected chi connectivity index (χ3v) is 3.60. The molecule has 0 aliphatic heterocycles. The van der Waals surface area contributed by atoms with Crippen molar-refractivity contribution in [2.24, 2.45) is 0 Å². The molecule has 2 aromatic carbocycles. The summed E-state index contributed by atoms with van der Waals surface area (Å²) in [4.78, 5) is 11.7. The molecule has 0 heterocycles. The molecule has 1 aliphatic carbocycles. The smallest absolute Gasteiger partial charge is 0.161 e. The van der Waals surface area contributed by atoms with E-state index in [9.17, 15) is 4.79 Å². The Labute approximate surface area is 105 Å². The first-order valence-corrected chi connectivity index (χ1v) is 5.97. The highest BCUT2D eigenvalue weighted by atomic mass is 35.5. The van der Waals surface area contributed by atoms with Gasteiger partial charge in [0.2, 0.25) is 0 Å². The third-order valence-electron chi connectivity index (χ3n) is 3.29. The molecule has 0 atom stereocenters. The summed E-state index contributed by atoms with van der Waals surface area (Å²) in [5.41, 5.74) is 5.40. The van der Waals surface area contributed by atoms with Crippen molar-refractivity contribution in [1.29, 1.82) is 0 Å². The molecule has 0 bridgehead atoms. The Balaban J connectivity index is 2.31. The monoisotopic (exact) mass is 242 g/mol. The van der Waals surface area contributed by atoms with Crippen LogP contribution in [0.3, 0.4) is 0 Å². The van der Waals surface area contributed by atoms with Gasteiger partial charge in [-0.1, -0.05) is 41.9 Å². The number of benzene rings is 2. The predicted octanol–water partition coefficient (Wildman–Crippen LogP) is 4.11. The zero-order chi connectivity index (χ0) is 12.0. The van der Waals surface area contributed by atoms with Gasteiger partial charge in [0.25, 0.3) is 0 Å². The topological polar surface area (TPSA) is 17.1 Å². The zero-order valence-electron chi connectivity index (χ0n) is 9.46. The van der Waals surface area contributed by atoms with Gasteiger partial charge in [-0.2, -0.15) is 0 Å². The molecular weight excluding hydrogens is 232 g/mol. The zero-order valence-corrected chi connectivity index (χ0v) is 10.2. The maximum absolute atomic E-state index is 11.7. The summed E-state index contributed by atoms with van der Waals surface area (Å²) in [5.74, 6) is 0.0413. The Kier molecular flexibility index (Phi) is 2.30. The summed E-state index contributed by atoms with van der Waals surface area (Å²) in [5, 5.41) is 0.559. The highest BCUT2D eigenvalue weighted by molar-refractivity contribution is 6.34. The molecule has 3 rings (SSSR count). The highest BCUT2D eigenvalue weighted by Gasteiger charge is 2.23. The van der Waals surface area contributed by atoms with Crippen LogP contribution in [0.2, 0.25) is 5.02 Å². The molecule has 0 saturated heterocycles. The third kappa shape index (κ3) is 1.50. The van der Waals surface area contributed by atoms with Crippen LogP contribution in [0.1, 0.15) is 28.4 Å². The number of carbonyl (C=O) groups excluding carboxylic acids is 1. The van der Waals surface area contributed by atoms with Crippen molar-refractivity contribution in [2.45, 2.75) is 13.3 Å². The fourth-order valence-corrected chi connectivity index (χ4v) is 2.87. The van der Waals surface area contributed by atoms with Crippen molar-refractivity contribution >= 4 is 17.4 Å². The van der Waals surface area contributed by atoms with E-state index in [0.29, 0.717) is 10.6 Å². The first-order chi connectivity index (χ1) is 8.18. The summed E-state index contributed by atoms with van der Waals surface area (Å²) >= 11 is 6.12. The lowest BCUT2D eigenvalue weighted by atomic mass is 9.99. The first-order valence-electron chi connectivity index (χ1n) is 5.59. The molecule has 0 aromatic heterocycles. The van der Waals surface area contributed by atoms with Gasteiger partial charge in [-0.05, 0) is 41.7 Å². The van der Waals surface area contributed by atoms with E-state index >= 15 is 0 Å². The van der Waals surface area contributed by atoms with Crippen LogP contribution in [0.4, 0.5) is 0 Å². The fourth-order valence-electron chi connectivity index (χ4n) is 2.56. The van der Waals surface area contributed by atoms with Gasteiger partial charge < -0.3 is 0 Å². The first kappa shape index (κ1) is 10.5. The second-order valence-corrected chi connectivity index (χ2v) is 4.75. The van der Waals surface area contributed by atoms with Crippen molar-refractivity contribution in [3.63, 3.8) is 0 Å². The molecule has 1 aliphatic rings. The number of hydrogen-bond acceptors (Lipinski definition) is 1. The molecular formula is C15H11ClO. The van der Waals surface area contributed by atoms with Gasteiger partial charge in [-0.15, -0.1) is 0 Å². The number of ketones is 1. The van der Waals surface area contributed by atoms with Gasteiger partial charge in [0, 0.05) is 5.56 Å². The number of rotatable bonds is 1. The van der Waals surface area contributed by atoms with E-state index in [1.54, 1.807) is 6.92 Å². The van der Waals surface area contributed by atoms with Crippen molar-refractivity contribution in [1.82, 2.24) is 0 Å². The van der Waals surface area contributed by atoms with Crippen LogP contribution >= 0.6 is 11.6 Å². The molecule has 84 valence electrons. The van der Waals surface area contributed by atoms with Crippen LogP contribution in [0, 0.1) is 0 Å². The SMILES string of the molecule is CC(=O)c1c(Cl)ccc2c1Cc1ccccc1-2. The quantitative estimate of drug-likeness (QED) is 0.587. The van der Waals surface area contributed by atoms with Gasteiger partial charge in [0.15, 0.2) is 5.78 Å². The van der Waals surface area contributed by atoms with Gasteiger partial charge in [0.1, 0.15) is 0 Å². The second kappa shape index (κ2) is 3.71. The average Bonchev–Trinajstić information content (AvgIpc) is 2.66. The molecule has 0 saturated carbocycles. The Bertz CT molecular complexity index is 629. The van der Waals surface area contributed by atoms with Crippen LogP contribution in [0.25, 0.3) is 11.1 Å². The summed E-state index contributed by atoms with van der Waals surface area (Å²) in [6.45, 7) is 1.57. The van der Waals surface area contributed by atoms with Crippen molar-refractivity contribution in [3.8, 4) is 11.1 Å². The van der Waals surface area contributed by atoms with Gasteiger partial charge in [0.05, 0.1) is 5.02 Å².